The van der Waals surface area contributed by atoms with Crippen LogP contribution >= 0.6 is 0 Å². The Kier molecular flexibility index (Phi) is 4.92. The summed E-state index contributed by atoms with van der Waals surface area (Å²) in [6.07, 6.45) is 1.13. The van der Waals surface area contributed by atoms with Crippen molar-refractivity contribution in [2.24, 2.45) is 0 Å². The molecule has 6 heteroatoms. The van der Waals surface area contributed by atoms with Gasteiger partial charge in [0.1, 0.15) is 12.1 Å². The molecule has 1 aliphatic heterocycles. The molecule has 0 aliphatic carbocycles. The summed E-state index contributed by atoms with van der Waals surface area (Å²) < 4.78 is 4.73. The molecule has 0 radical (unpaired) electrons. The van der Waals surface area contributed by atoms with Crippen molar-refractivity contribution >= 4 is 17.8 Å². The summed E-state index contributed by atoms with van der Waals surface area (Å²) in [5.41, 5.74) is 0.920. The van der Waals surface area contributed by atoms with E-state index < -0.39 is 18.1 Å². The highest BCUT2D eigenvalue weighted by molar-refractivity contribution is 5.93. The fraction of sp³-hybridized carbons (Fsp3) is 0.400. The molecule has 21 heavy (non-hydrogen) atoms. The molecule has 0 spiro atoms. The second kappa shape index (κ2) is 6.88. The third-order valence-electron chi connectivity index (χ3n) is 3.40. The maximum atomic E-state index is 12.1. The molecule has 0 bridgehead atoms. The molecule has 1 aliphatic rings. The van der Waals surface area contributed by atoms with E-state index in [0.717, 1.165) is 5.56 Å². The summed E-state index contributed by atoms with van der Waals surface area (Å²) >= 11 is 0. The first-order valence-corrected chi connectivity index (χ1v) is 6.81. The van der Waals surface area contributed by atoms with Crippen LogP contribution in [0.5, 0.6) is 0 Å². The molecule has 0 aromatic heterocycles. The first kappa shape index (κ1) is 15.0. The van der Waals surface area contributed by atoms with Gasteiger partial charge in [-0.15, -0.1) is 0 Å². The van der Waals surface area contributed by atoms with Crippen LogP contribution in [0.4, 0.5) is 0 Å². The van der Waals surface area contributed by atoms with Gasteiger partial charge in [-0.25, -0.2) is 4.79 Å². The second-order valence-corrected chi connectivity index (χ2v) is 4.93. The summed E-state index contributed by atoms with van der Waals surface area (Å²) in [5, 5.41) is 5.23. The van der Waals surface area contributed by atoms with Gasteiger partial charge < -0.3 is 15.4 Å². The van der Waals surface area contributed by atoms with Crippen LogP contribution in [0.1, 0.15) is 18.4 Å². The summed E-state index contributed by atoms with van der Waals surface area (Å²) in [6, 6.07) is 8.02. The van der Waals surface area contributed by atoms with Crippen molar-refractivity contribution in [1.29, 1.82) is 0 Å². The Hall–Kier alpha value is -2.37. The molecule has 1 heterocycles. The van der Waals surface area contributed by atoms with Crippen LogP contribution in [0.2, 0.25) is 0 Å². The zero-order chi connectivity index (χ0) is 15.2. The normalized spacial score (nSPS) is 18.7. The third-order valence-corrected chi connectivity index (χ3v) is 3.40. The average molecular weight is 290 g/mol. The number of carbonyl (C=O) groups excluding carboxylic acids is 3. The highest BCUT2D eigenvalue weighted by Gasteiger charge is 2.30. The largest absolute Gasteiger partial charge is 0.467 e. The van der Waals surface area contributed by atoms with Crippen molar-refractivity contribution < 1.29 is 19.1 Å². The SMILES string of the molecule is COC(=O)[C@H](Cc1ccccc1)NC(=O)[C@@H]1CCC(=O)N1. The standard InChI is InChI=1S/C15H18N2O4/c1-21-15(20)12(9-10-5-3-2-4-6-10)17-14(19)11-7-8-13(18)16-11/h2-6,11-12H,7-9H2,1H3,(H,16,18)(H,17,19)/t11-,12-/m0/s1. The van der Waals surface area contributed by atoms with Gasteiger partial charge in [0, 0.05) is 12.8 Å². The Morgan fingerprint density at radius 2 is 2.10 bits per heavy atom. The van der Waals surface area contributed by atoms with Gasteiger partial charge >= 0.3 is 5.97 Å². The molecule has 1 aromatic rings. The Labute approximate surface area is 122 Å². The Balaban J connectivity index is 2.01. The lowest BCUT2D eigenvalue weighted by molar-refractivity contribution is -0.145. The summed E-state index contributed by atoms with van der Waals surface area (Å²) in [7, 11) is 1.28. The molecule has 1 fully saturated rings. The lowest BCUT2D eigenvalue weighted by Crippen LogP contribution is -2.49. The van der Waals surface area contributed by atoms with Gasteiger partial charge in [0.2, 0.25) is 11.8 Å². The number of carbonyl (C=O) groups is 3. The maximum absolute atomic E-state index is 12.1. The summed E-state index contributed by atoms with van der Waals surface area (Å²) in [6.45, 7) is 0. The molecule has 1 saturated heterocycles. The zero-order valence-corrected chi connectivity index (χ0v) is 11.8. The van der Waals surface area contributed by atoms with Crippen LogP contribution in [-0.2, 0) is 25.5 Å². The molecule has 112 valence electrons. The molecular weight excluding hydrogens is 272 g/mol. The lowest BCUT2D eigenvalue weighted by Gasteiger charge is -2.19. The molecular formula is C15H18N2O4. The van der Waals surface area contributed by atoms with E-state index >= 15 is 0 Å². The van der Waals surface area contributed by atoms with Gasteiger partial charge in [0.05, 0.1) is 7.11 Å². The van der Waals surface area contributed by atoms with E-state index in [9.17, 15) is 14.4 Å². The van der Waals surface area contributed by atoms with Crippen LogP contribution in [0, 0.1) is 0 Å². The predicted molar refractivity (Wildman–Crippen MR) is 75.3 cm³/mol. The molecule has 2 rings (SSSR count). The third kappa shape index (κ3) is 4.05. The number of amides is 2. The zero-order valence-electron chi connectivity index (χ0n) is 11.8. The van der Waals surface area contributed by atoms with Crippen LogP contribution in [0.15, 0.2) is 30.3 Å². The highest BCUT2D eigenvalue weighted by Crippen LogP contribution is 2.09. The number of rotatable bonds is 5. The van der Waals surface area contributed by atoms with Crippen molar-refractivity contribution in [3.63, 3.8) is 0 Å². The number of methoxy groups -OCH3 is 1. The van der Waals surface area contributed by atoms with Crippen LogP contribution in [0.3, 0.4) is 0 Å². The first-order chi connectivity index (χ1) is 10.1. The highest BCUT2D eigenvalue weighted by atomic mass is 16.5. The van der Waals surface area contributed by atoms with Crippen molar-refractivity contribution in [3.8, 4) is 0 Å². The minimum Gasteiger partial charge on any atom is -0.467 e. The van der Waals surface area contributed by atoms with Gasteiger partial charge in [0.15, 0.2) is 0 Å². The summed E-state index contributed by atoms with van der Waals surface area (Å²) in [5.74, 6) is -1.00. The average Bonchev–Trinajstić information content (AvgIpc) is 2.93. The van der Waals surface area contributed by atoms with Crippen molar-refractivity contribution in [1.82, 2.24) is 10.6 Å². The van der Waals surface area contributed by atoms with E-state index in [0.29, 0.717) is 19.3 Å². The molecule has 2 N–H and O–H groups in total. The molecule has 1 aromatic carbocycles. The predicted octanol–water partition coefficient (Wildman–Crippen LogP) is 0.166. The summed E-state index contributed by atoms with van der Waals surface area (Å²) in [4.78, 5) is 35.0. The van der Waals surface area contributed by atoms with Gasteiger partial charge in [-0.1, -0.05) is 30.3 Å². The second-order valence-electron chi connectivity index (χ2n) is 4.93. The molecule has 2 amide bonds. The number of ether oxygens (including phenoxy) is 1. The quantitative estimate of drug-likeness (QED) is 0.757. The van der Waals surface area contributed by atoms with Crippen molar-refractivity contribution in [2.75, 3.05) is 7.11 Å². The van der Waals surface area contributed by atoms with E-state index in [-0.39, 0.29) is 11.8 Å². The van der Waals surface area contributed by atoms with Gasteiger partial charge in [-0.3, -0.25) is 9.59 Å². The van der Waals surface area contributed by atoms with Crippen molar-refractivity contribution in [2.45, 2.75) is 31.3 Å². The van der Waals surface area contributed by atoms with Crippen LogP contribution in [0.25, 0.3) is 0 Å². The van der Waals surface area contributed by atoms with Gasteiger partial charge in [-0.05, 0) is 12.0 Å². The molecule has 2 atom stereocenters. The fourth-order valence-corrected chi connectivity index (χ4v) is 2.27. The number of hydrogen-bond acceptors (Lipinski definition) is 4. The lowest BCUT2D eigenvalue weighted by atomic mass is 10.1. The number of esters is 1. The topological polar surface area (TPSA) is 84.5 Å². The molecule has 0 unspecified atom stereocenters. The van der Waals surface area contributed by atoms with E-state index in [4.69, 9.17) is 4.74 Å². The Bertz CT molecular complexity index is 530. The molecule has 0 saturated carbocycles. The van der Waals surface area contributed by atoms with Crippen LogP contribution < -0.4 is 10.6 Å². The van der Waals surface area contributed by atoms with E-state index in [1.165, 1.54) is 7.11 Å². The molecule has 6 nitrogen and oxygen atoms in total. The maximum Gasteiger partial charge on any atom is 0.328 e. The monoisotopic (exact) mass is 290 g/mol. The minimum absolute atomic E-state index is 0.146. The van der Waals surface area contributed by atoms with Gasteiger partial charge in [0.25, 0.3) is 0 Å². The smallest absolute Gasteiger partial charge is 0.328 e. The van der Waals surface area contributed by atoms with Gasteiger partial charge in [-0.2, -0.15) is 0 Å². The fourth-order valence-electron chi connectivity index (χ4n) is 2.27. The van der Waals surface area contributed by atoms with E-state index in [1.807, 2.05) is 30.3 Å². The number of hydrogen-bond donors (Lipinski definition) is 2. The Morgan fingerprint density at radius 1 is 1.38 bits per heavy atom. The van der Waals surface area contributed by atoms with Crippen molar-refractivity contribution in [3.05, 3.63) is 35.9 Å². The van der Waals surface area contributed by atoms with E-state index in [2.05, 4.69) is 10.6 Å². The van der Waals surface area contributed by atoms with E-state index in [1.54, 1.807) is 0 Å². The minimum atomic E-state index is -0.762. The number of nitrogens with one attached hydrogen (secondary N) is 2. The number of benzene rings is 1. The first-order valence-electron chi connectivity index (χ1n) is 6.81. The Morgan fingerprint density at radius 3 is 2.67 bits per heavy atom. The van der Waals surface area contributed by atoms with Crippen LogP contribution in [-0.4, -0.2) is 37.0 Å².